The van der Waals surface area contributed by atoms with Crippen molar-refractivity contribution in [1.82, 2.24) is 10.2 Å². The molecule has 0 spiro atoms. The molecule has 3 rings (SSSR count). The summed E-state index contributed by atoms with van der Waals surface area (Å²) >= 11 is 5.99. The van der Waals surface area contributed by atoms with Gasteiger partial charge in [-0.25, -0.2) is 0 Å². The minimum absolute atomic E-state index is 0.0276. The van der Waals surface area contributed by atoms with Crippen molar-refractivity contribution in [2.75, 3.05) is 32.8 Å². The Morgan fingerprint density at radius 2 is 2.07 bits per heavy atom. The van der Waals surface area contributed by atoms with Crippen LogP contribution in [0.5, 0.6) is 0 Å². The lowest BCUT2D eigenvalue weighted by atomic mass is 10.1. The third kappa shape index (κ3) is 5.03. The Morgan fingerprint density at radius 1 is 1.30 bits per heavy atom. The molecule has 0 radical (unpaired) electrons. The predicted molar refractivity (Wildman–Crippen MR) is 102 cm³/mol. The summed E-state index contributed by atoms with van der Waals surface area (Å²) < 4.78 is 5.84. The van der Waals surface area contributed by atoms with E-state index in [9.17, 15) is 14.9 Å². The van der Waals surface area contributed by atoms with Crippen molar-refractivity contribution < 1.29 is 14.5 Å². The fourth-order valence-electron chi connectivity index (χ4n) is 3.00. The molecule has 1 aliphatic heterocycles. The number of carbonyl (C=O) groups excluding carboxylic acids is 1. The predicted octanol–water partition coefficient (Wildman–Crippen LogP) is 3.05. The molecule has 8 heteroatoms. The highest BCUT2D eigenvalue weighted by Gasteiger charge is 2.22. The smallest absolute Gasteiger partial charge is 0.270 e. The standard InChI is InChI=1S/C19H20ClN3O4/c20-17-12-15(23(25)26)6-7-16(17)19(24)21-8-9-22-10-11-27-18(13-22)14-4-2-1-3-5-14/h1-7,12,18H,8-11,13H2,(H,21,24). The lowest BCUT2D eigenvalue weighted by molar-refractivity contribution is -0.384. The van der Waals surface area contributed by atoms with Gasteiger partial charge in [-0.1, -0.05) is 41.9 Å². The van der Waals surface area contributed by atoms with Crippen LogP contribution in [0.2, 0.25) is 5.02 Å². The zero-order valence-electron chi connectivity index (χ0n) is 14.6. The van der Waals surface area contributed by atoms with Gasteiger partial charge >= 0.3 is 0 Å². The Balaban J connectivity index is 1.50. The Labute approximate surface area is 162 Å². The number of halogens is 1. The van der Waals surface area contributed by atoms with Gasteiger partial charge in [-0.05, 0) is 11.6 Å². The van der Waals surface area contributed by atoms with Crippen LogP contribution >= 0.6 is 11.6 Å². The number of rotatable bonds is 6. The Bertz CT molecular complexity index is 816. The van der Waals surface area contributed by atoms with Gasteiger partial charge in [-0.15, -0.1) is 0 Å². The number of ether oxygens (including phenoxy) is 1. The number of hydrogen-bond donors (Lipinski definition) is 1. The van der Waals surface area contributed by atoms with E-state index in [2.05, 4.69) is 10.2 Å². The number of nitrogens with zero attached hydrogens (tertiary/aromatic N) is 2. The van der Waals surface area contributed by atoms with Gasteiger partial charge in [-0.2, -0.15) is 0 Å². The highest BCUT2D eigenvalue weighted by atomic mass is 35.5. The average Bonchev–Trinajstić information content (AvgIpc) is 2.68. The number of nitrogens with one attached hydrogen (secondary N) is 1. The Kier molecular flexibility index (Phi) is 6.39. The topological polar surface area (TPSA) is 84.7 Å². The molecule has 0 saturated carbocycles. The summed E-state index contributed by atoms with van der Waals surface area (Å²) in [6.07, 6.45) is 0.0276. The van der Waals surface area contributed by atoms with E-state index in [1.54, 1.807) is 0 Å². The number of amides is 1. The van der Waals surface area contributed by atoms with E-state index >= 15 is 0 Å². The third-order valence-corrected chi connectivity index (χ3v) is 4.76. The molecule has 1 unspecified atom stereocenters. The second-order valence-electron chi connectivity index (χ2n) is 6.25. The molecule has 1 fully saturated rings. The Hall–Kier alpha value is -2.48. The number of nitro groups is 1. The first-order valence-corrected chi connectivity index (χ1v) is 9.03. The summed E-state index contributed by atoms with van der Waals surface area (Å²) in [6, 6.07) is 13.9. The van der Waals surface area contributed by atoms with E-state index in [0.29, 0.717) is 19.7 Å². The van der Waals surface area contributed by atoms with Gasteiger partial charge in [0.05, 0.1) is 28.2 Å². The maximum atomic E-state index is 12.3. The molecule has 1 heterocycles. The highest BCUT2D eigenvalue weighted by molar-refractivity contribution is 6.34. The molecule has 27 heavy (non-hydrogen) atoms. The van der Waals surface area contributed by atoms with Crippen LogP contribution in [0, 0.1) is 10.1 Å². The van der Waals surface area contributed by atoms with Crippen LogP contribution in [0.4, 0.5) is 5.69 Å². The van der Waals surface area contributed by atoms with E-state index < -0.39 is 4.92 Å². The number of nitro benzene ring substituents is 1. The van der Waals surface area contributed by atoms with Gasteiger partial charge in [-0.3, -0.25) is 19.8 Å². The maximum absolute atomic E-state index is 12.3. The van der Waals surface area contributed by atoms with E-state index in [0.717, 1.165) is 18.7 Å². The van der Waals surface area contributed by atoms with Crippen molar-refractivity contribution in [2.24, 2.45) is 0 Å². The van der Waals surface area contributed by atoms with Gasteiger partial charge in [0.15, 0.2) is 0 Å². The molecule has 1 N–H and O–H groups in total. The number of morpholine rings is 1. The van der Waals surface area contributed by atoms with Crippen molar-refractivity contribution in [1.29, 1.82) is 0 Å². The van der Waals surface area contributed by atoms with Crippen LogP contribution < -0.4 is 5.32 Å². The minimum atomic E-state index is -0.546. The fourth-order valence-corrected chi connectivity index (χ4v) is 3.26. The van der Waals surface area contributed by atoms with E-state index in [4.69, 9.17) is 16.3 Å². The molecular formula is C19H20ClN3O4. The third-order valence-electron chi connectivity index (χ3n) is 4.44. The summed E-state index contributed by atoms with van der Waals surface area (Å²) in [5.41, 5.74) is 1.23. The zero-order chi connectivity index (χ0) is 19.2. The molecule has 1 saturated heterocycles. The maximum Gasteiger partial charge on any atom is 0.270 e. The van der Waals surface area contributed by atoms with Crippen LogP contribution in [0.25, 0.3) is 0 Å². The molecule has 2 aromatic carbocycles. The normalized spacial score (nSPS) is 17.4. The number of carbonyl (C=O) groups is 1. The fraction of sp³-hybridized carbons (Fsp3) is 0.316. The van der Waals surface area contributed by atoms with E-state index in [1.807, 2.05) is 30.3 Å². The molecule has 1 amide bonds. The van der Waals surface area contributed by atoms with Crippen LogP contribution in [0.1, 0.15) is 22.0 Å². The summed E-state index contributed by atoms with van der Waals surface area (Å²) in [5.74, 6) is -0.345. The molecule has 0 aliphatic carbocycles. The molecule has 0 aromatic heterocycles. The molecule has 0 bridgehead atoms. The molecule has 2 aromatic rings. The van der Waals surface area contributed by atoms with Gasteiger partial charge in [0.1, 0.15) is 0 Å². The summed E-state index contributed by atoms with van der Waals surface area (Å²) in [6.45, 7) is 3.34. The Morgan fingerprint density at radius 3 is 2.78 bits per heavy atom. The number of non-ortho nitro benzene ring substituents is 1. The lowest BCUT2D eigenvalue weighted by Gasteiger charge is -2.33. The van der Waals surface area contributed by atoms with E-state index in [-0.39, 0.29) is 28.3 Å². The minimum Gasteiger partial charge on any atom is -0.371 e. The SMILES string of the molecule is O=C(NCCN1CCOC(c2ccccc2)C1)c1ccc([N+](=O)[O-])cc1Cl. The first kappa shape index (κ1) is 19.3. The summed E-state index contributed by atoms with van der Waals surface area (Å²) in [5, 5.41) is 13.6. The summed E-state index contributed by atoms with van der Waals surface area (Å²) in [7, 11) is 0. The van der Waals surface area contributed by atoms with Crippen molar-refractivity contribution in [2.45, 2.75) is 6.10 Å². The quantitative estimate of drug-likeness (QED) is 0.606. The zero-order valence-corrected chi connectivity index (χ0v) is 15.4. The molecule has 1 aliphatic rings. The van der Waals surface area contributed by atoms with Crippen molar-refractivity contribution in [3.8, 4) is 0 Å². The van der Waals surface area contributed by atoms with Gasteiger partial charge in [0.2, 0.25) is 0 Å². The number of hydrogen-bond acceptors (Lipinski definition) is 5. The van der Waals surface area contributed by atoms with Crippen LogP contribution in [-0.4, -0.2) is 48.5 Å². The van der Waals surface area contributed by atoms with Gasteiger partial charge in [0, 0.05) is 38.3 Å². The second kappa shape index (κ2) is 8.94. The van der Waals surface area contributed by atoms with Crippen molar-refractivity contribution >= 4 is 23.2 Å². The van der Waals surface area contributed by atoms with E-state index in [1.165, 1.54) is 18.2 Å². The molecular weight excluding hydrogens is 370 g/mol. The highest BCUT2D eigenvalue weighted by Crippen LogP contribution is 2.23. The van der Waals surface area contributed by atoms with Crippen LogP contribution in [0.3, 0.4) is 0 Å². The lowest BCUT2D eigenvalue weighted by Crippen LogP contribution is -2.42. The molecule has 142 valence electrons. The number of benzene rings is 2. The summed E-state index contributed by atoms with van der Waals surface area (Å²) in [4.78, 5) is 24.7. The molecule has 7 nitrogen and oxygen atoms in total. The monoisotopic (exact) mass is 389 g/mol. The van der Waals surface area contributed by atoms with Crippen LogP contribution in [-0.2, 0) is 4.74 Å². The molecule has 1 atom stereocenters. The van der Waals surface area contributed by atoms with Crippen molar-refractivity contribution in [3.05, 3.63) is 74.8 Å². The average molecular weight is 390 g/mol. The van der Waals surface area contributed by atoms with Crippen molar-refractivity contribution in [3.63, 3.8) is 0 Å². The second-order valence-corrected chi connectivity index (χ2v) is 6.66. The van der Waals surface area contributed by atoms with Gasteiger partial charge in [0.25, 0.3) is 11.6 Å². The van der Waals surface area contributed by atoms with Crippen LogP contribution in [0.15, 0.2) is 48.5 Å². The first-order chi connectivity index (χ1) is 13.0. The first-order valence-electron chi connectivity index (χ1n) is 8.65. The largest absolute Gasteiger partial charge is 0.371 e. The van der Waals surface area contributed by atoms with Gasteiger partial charge < -0.3 is 10.1 Å².